The molecule has 0 atom stereocenters. The third-order valence-corrected chi connectivity index (χ3v) is 1.63. The van der Waals surface area contributed by atoms with Gasteiger partial charge < -0.3 is 14.7 Å². The fourth-order valence-corrected chi connectivity index (χ4v) is 1.07. The highest BCUT2D eigenvalue weighted by Crippen LogP contribution is 2.14. The molecule has 1 saturated heterocycles. The highest BCUT2D eigenvalue weighted by atomic mass is 16.5. The van der Waals surface area contributed by atoms with E-state index in [1.165, 1.54) is 4.90 Å². The molecule has 1 rings (SSSR count). The molecule has 0 spiro atoms. The van der Waals surface area contributed by atoms with Crippen LogP contribution in [0.25, 0.3) is 0 Å². The molecule has 0 aromatic carbocycles. The number of amides is 1. The first-order valence-corrected chi connectivity index (χ1v) is 3.21. The standard InChI is InChI=1S/C6H11NO3/c1-10-4-5-2-7(3-5)6(8)9/h5H,2-4H2,1H3,(H,8,9). The van der Waals surface area contributed by atoms with Crippen molar-refractivity contribution in [1.82, 2.24) is 4.90 Å². The van der Waals surface area contributed by atoms with Gasteiger partial charge in [-0.25, -0.2) is 4.79 Å². The van der Waals surface area contributed by atoms with Crippen LogP contribution in [-0.2, 0) is 4.74 Å². The number of hydrogen-bond acceptors (Lipinski definition) is 2. The average molecular weight is 145 g/mol. The van der Waals surface area contributed by atoms with Crippen LogP contribution < -0.4 is 0 Å². The van der Waals surface area contributed by atoms with Crippen LogP contribution in [0.15, 0.2) is 0 Å². The van der Waals surface area contributed by atoms with Crippen LogP contribution in [0.5, 0.6) is 0 Å². The van der Waals surface area contributed by atoms with Gasteiger partial charge in [-0.2, -0.15) is 0 Å². The van der Waals surface area contributed by atoms with Crippen LogP contribution in [0.4, 0.5) is 4.79 Å². The van der Waals surface area contributed by atoms with E-state index in [-0.39, 0.29) is 0 Å². The second-order valence-corrected chi connectivity index (χ2v) is 2.51. The molecule has 0 aliphatic carbocycles. The zero-order chi connectivity index (χ0) is 7.56. The second-order valence-electron chi connectivity index (χ2n) is 2.51. The molecular formula is C6H11NO3. The van der Waals surface area contributed by atoms with E-state index >= 15 is 0 Å². The van der Waals surface area contributed by atoms with E-state index in [9.17, 15) is 4.79 Å². The molecule has 0 bridgehead atoms. The van der Waals surface area contributed by atoms with Crippen LogP contribution in [0, 0.1) is 5.92 Å². The number of carbonyl (C=O) groups is 1. The molecule has 0 unspecified atom stereocenters. The van der Waals surface area contributed by atoms with Gasteiger partial charge in [0.15, 0.2) is 0 Å². The predicted octanol–water partition coefficient (Wildman–Crippen LogP) is 0.243. The number of ether oxygens (including phenoxy) is 1. The van der Waals surface area contributed by atoms with Crippen LogP contribution in [-0.4, -0.2) is 42.9 Å². The molecule has 4 heteroatoms. The summed E-state index contributed by atoms with van der Waals surface area (Å²) in [5.41, 5.74) is 0. The molecule has 1 aliphatic rings. The zero-order valence-electron chi connectivity index (χ0n) is 5.91. The quantitative estimate of drug-likeness (QED) is 0.605. The molecule has 0 saturated carbocycles. The van der Waals surface area contributed by atoms with Gasteiger partial charge in [-0.1, -0.05) is 0 Å². The Morgan fingerprint density at radius 3 is 2.80 bits per heavy atom. The van der Waals surface area contributed by atoms with Crippen molar-refractivity contribution < 1.29 is 14.6 Å². The Hall–Kier alpha value is -0.770. The van der Waals surface area contributed by atoms with Gasteiger partial charge in [-0.05, 0) is 0 Å². The maximum atomic E-state index is 10.2. The van der Waals surface area contributed by atoms with E-state index in [0.717, 1.165) is 0 Å². The molecule has 10 heavy (non-hydrogen) atoms. The first-order valence-electron chi connectivity index (χ1n) is 3.21. The lowest BCUT2D eigenvalue weighted by Gasteiger charge is -2.36. The summed E-state index contributed by atoms with van der Waals surface area (Å²) < 4.78 is 4.85. The summed E-state index contributed by atoms with van der Waals surface area (Å²) in [6, 6.07) is 0. The van der Waals surface area contributed by atoms with Crippen LogP contribution >= 0.6 is 0 Å². The molecule has 1 heterocycles. The van der Waals surface area contributed by atoms with Crippen LogP contribution in [0.1, 0.15) is 0 Å². The number of hydrogen-bond donors (Lipinski definition) is 1. The van der Waals surface area contributed by atoms with Crippen molar-refractivity contribution in [2.24, 2.45) is 5.92 Å². The zero-order valence-corrected chi connectivity index (χ0v) is 5.91. The third kappa shape index (κ3) is 1.39. The molecule has 1 amide bonds. The van der Waals surface area contributed by atoms with E-state index < -0.39 is 6.09 Å². The van der Waals surface area contributed by atoms with Crippen LogP contribution in [0.3, 0.4) is 0 Å². The van der Waals surface area contributed by atoms with Gasteiger partial charge in [-0.15, -0.1) is 0 Å². The average Bonchev–Trinajstić information content (AvgIpc) is 1.76. The minimum atomic E-state index is -0.827. The predicted molar refractivity (Wildman–Crippen MR) is 35.0 cm³/mol. The van der Waals surface area contributed by atoms with E-state index in [4.69, 9.17) is 9.84 Å². The van der Waals surface area contributed by atoms with Crippen molar-refractivity contribution in [3.8, 4) is 0 Å². The van der Waals surface area contributed by atoms with Gasteiger partial charge in [0.1, 0.15) is 0 Å². The lowest BCUT2D eigenvalue weighted by molar-refractivity contribution is 0.0371. The molecule has 4 nitrogen and oxygen atoms in total. The molecule has 58 valence electrons. The minimum Gasteiger partial charge on any atom is -0.465 e. The number of nitrogens with zero attached hydrogens (tertiary/aromatic N) is 1. The molecule has 1 aliphatic heterocycles. The number of methoxy groups -OCH3 is 1. The van der Waals surface area contributed by atoms with Gasteiger partial charge >= 0.3 is 6.09 Å². The normalized spacial score (nSPS) is 18.7. The summed E-state index contributed by atoms with van der Waals surface area (Å²) in [4.78, 5) is 11.6. The minimum absolute atomic E-state index is 0.418. The monoisotopic (exact) mass is 145 g/mol. The van der Waals surface area contributed by atoms with Crippen LogP contribution in [0.2, 0.25) is 0 Å². The van der Waals surface area contributed by atoms with Gasteiger partial charge in [0, 0.05) is 26.1 Å². The lowest BCUT2D eigenvalue weighted by atomic mass is 10.0. The van der Waals surface area contributed by atoms with Gasteiger partial charge in [0.05, 0.1) is 6.61 Å². The Morgan fingerprint density at radius 2 is 2.40 bits per heavy atom. The topological polar surface area (TPSA) is 49.8 Å². The fourth-order valence-electron chi connectivity index (χ4n) is 1.07. The largest absolute Gasteiger partial charge is 0.465 e. The van der Waals surface area contributed by atoms with Crippen molar-refractivity contribution in [3.63, 3.8) is 0 Å². The SMILES string of the molecule is COCC1CN(C(=O)O)C1. The second kappa shape index (κ2) is 2.88. The van der Waals surface area contributed by atoms with Gasteiger partial charge in [-0.3, -0.25) is 0 Å². The Kier molecular flexibility index (Phi) is 2.11. The molecule has 0 radical (unpaired) electrons. The first-order chi connectivity index (χ1) is 4.74. The third-order valence-electron chi connectivity index (χ3n) is 1.63. The molecule has 0 aromatic heterocycles. The number of rotatable bonds is 2. The Balaban J connectivity index is 2.12. The Morgan fingerprint density at radius 1 is 1.80 bits per heavy atom. The van der Waals surface area contributed by atoms with Crippen molar-refractivity contribution >= 4 is 6.09 Å². The summed E-state index contributed by atoms with van der Waals surface area (Å²) in [5, 5.41) is 8.40. The smallest absolute Gasteiger partial charge is 0.407 e. The van der Waals surface area contributed by atoms with Gasteiger partial charge in [0.25, 0.3) is 0 Å². The molecule has 0 aromatic rings. The van der Waals surface area contributed by atoms with E-state index in [1.807, 2.05) is 0 Å². The maximum absolute atomic E-state index is 10.2. The summed E-state index contributed by atoms with van der Waals surface area (Å²) in [6.45, 7) is 1.93. The summed E-state index contributed by atoms with van der Waals surface area (Å²) in [7, 11) is 1.63. The van der Waals surface area contributed by atoms with Gasteiger partial charge in [0.2, 0.25) is 0 Å². The van der Waals surface area contributed by atoms with E-state index in [2.05, 4.69) is 0 Å². The maximum Gasteiger partial charge on any atom is 0.407 e. The Bertz CT molecular complexity index is 131. The van der Waals surface area contributed by atoms with E-state index in [0.29, 0.717) is 25.6 Å². The molecular weight excluding hydrogens is 134 g/mol. The van der Waals surface area contributed by atoms with Crippen molar-refractivity contribution in [2.45, 2.75) is 0 Å². The first kappa shape index (κ1) is 7.34. The van der Waals surface area contributed by atoms with E-state index in [1.54, 1.807) is 7.11 Å². The van der Waals surface area contributed by atoms with Crippen molar-refractivity contribution in [3.05, 3.63) is 0 Å². The highest BCUT2D eigenvalue weighted by molar-refractivity contribution is 5.65. The fraction of sp³-hybridized carbons (Fsp3) is 0.833. The summed E-state index contributed by atoms with van der Waals surface area (Å²) in [6.07, 6.45) is -0.827. The molecule has 1 N–H and O–H groups in total. The summed E-state index contributed by atoms with van der Waals surface area (Å²) in [5.74, 6) is 0.418. The lowest BCUT2D eigenvalue weighted by Crippen LogP contribution is -2.50. The van der Waals surface area contributed by atoms with Crippen molar-refractivity contribution in [2.75, 3.05) is 26.8 Å². The summed E-state index contributed by atoms with van der Waals surface area (Å²) >= 11 is 0. The van der Waals surface area contributed by atoms with Crippen molar-refractivity contribution in [1.29, 1.82) is 0 Å². The molecule has 1 fully saturated rings. The number of likely N-dealkylation sites (tertiary alicyclic amines) is 1. The number of carboxylic acid groups (broad SMARTS) is 1. The highest BCUT2D eigenvalue weighted by Gasteiger charge is 2.29. The Labute approximate surface area is 59.4 Å².